The molecule has 1 fully saturated rings. The maximum atomic E-state index is 12.3. The number of nitrogens with one attached hydrogen (secondary N) is 2. The first-order chi connectivity index (χ1) is 14.5. The molecular formula is C22H32N4O4. The number of rotatable bonds is 7. The first-order valence-electron chi connectivity index (χ1n) is 10.8. The van der Waals surface area contributed by atoms with E-state index in [1.165, 1.54) is 0 Å². The van der Waals surface area contributed by atoms with Crippen molar-refractivity contribution in [1.29, 1.82) is 0 Å². The fraction of sp³-hybridized carbons (Fsp3) is 0.591. The van der Waals surface area contributed by atoms with Gasteiger partial charge in [-0.2, -0.15) is 0 Å². The van der Waals surface area contributed by atoms with Crippen molar-refractivity contribution >= 4 is 23.4 Å². The van der Waals surface area contributed by atoms with E-state index >= 15 is 0 Å². The molecule has 2 aliphatic rings. The molecule has 0 bridgehead atoms. The lowest BCUT2D eigenvalue weighted by Crippen LogP contribution is -2.43. The molecule has 0 spiro atoms. The number of hydrogen-bond acceptors (Lipinski definition) is 5. The Hall–Kier alpha value is -2.61. The van der Waals surface area contributed by atoms with Crippen LogP contribution in [0.3, 0.4) is 0 Å². The maximum absolute atomic E-state index is 12.3. The van der Waals surface area contributed by atoms with E-state index in [4.69, 9.17) is 0 Å². The fourth-order valence-electron chi connectivity index (χ4n) is 4.13. The van der Waals surface area contributed by atoms with Crippen LogP contribution in [0, 0.1) is 0 Å². The van der Waals surface area contributed by atoms with Gasteiger partial charge in [0.1, 0.15) is 0 Å². The van der Waals surface area contributed by atoms with Gasteiger partial charge in [0.15, 0.2) is 0 Å². The largest absolute Gasteiger partial charge is 0.394 e. The number of aryl methyl sites for hydroxylation is 1. The van der Waals surface area contributed by atoms with E-state index in [1.807, 2.05) is 24.0 Å². The summed E-state index contributed by atoms with van der Waals surface area (Å²) < 4.78 is 0. The highest BCUT2D eigenvalue weighted by atomic mass is 16.3. The van der Waals surface area contributed by atoms with E-state index in [2.05, 4.69) is 16.7 Å². The number of amides is 3. The smallest absolute Gasteiger partial charge is 0.242 e. The van der Waals surface area contributed by atoms with Gasteiger partial charge in [-0.15, -0.1) is 0 Å². The van der Waals surface area contributed by atoms with Crippen molar-refractivity contribution in [3.63, 3.8) is 0 Å². The molecule has 0 aliphatic carbocycles. The van der Waals surface area contributed by atoms with Gasteiger partial charge in [0, 0.05) is 44.7 Å². The Kier molecular flexibility index (Phi) is 7.68. The number of benzene rings is 1. The Morgan fingerprint density at radius 3 is 2.93 bits per heavy atom. The molecule has 0 radical (unpaired) electrons. The van der Waals surface area contributed by atoms with Gasteiger partial charge in [-0.05, 0) is 43.4 Å². The van der Waals surface area contributed by atoms with Crippen LogP contribution >= 0.6 is 0 Å². The Balaban J connectivity index is 1.51. The second-order valence-electron chi connectivity index (χ2n) is 7.92. The molecule has 0 aromatic heterocycles. The molecule has 2 aliphatic heterocycles. The predicted molar refractivity (Wildman–Crippen MR) is 114 cm³/mol. The second kappa shape index (κ2) is 10.4. The summed E-state index contributed by atoms with van der Waals surface area (Å²) in [6.45, 7) is 4.41. The summed E-state index contributed by atoms with van der Waals surface area (Å²) in [7, 11) is 0. The molecule has 0 unspecified atom stereocenters. The molecule has 3 N–H and O–H groups in total. The number of aliphatic hydroxyl groups excluding tert-OH is 1. The molecule has 3 amide bonds. The number of nitrogens with zero attached hydrogens (tertiary/aromatic N) is 2. The van der Waals surface area contributed by atoms with Crippen molar-refractivity contribution in [3.05, 3.63) is 29.3 Å². The van der Waals surface area contributed by atoms with E-state index < -0.39 is 0 Å². The van der Waals surface area contributed by atoms with Gasteiger partial charge >= 0.3 is 0 Å². The molecule has 3 rings (SSSR count). The SMILES string of the molecule is CCN1Cc2cc(CCC(=O)NCC(=O)N3CCC[C@@H]3CO)ccc2NCCC1=O. The third kappa shape index (κ3) is 5.50. The third-order valence-corrected chi connectivity index (χ3v) is 5.91. The zero-order valence-corrected chi connectivity index (χ0v) is 17.7. The summed E-state index contributed by atoms with van der Waals surface area (Å²) in [6.07, 6.45) is 3.05. The number of carbonyl (C=O) groups excluding carboxylic acids is 3. The van der Waals surface area contributed by atoms with Crippen LogP contribution in [0.15, 0.2) is 18.2 Å². The molecular weight excluding hydrogens is 384 g/mol. The van der Waals surface area contributed by atoms with Gasteiger partial charge in [-0.1, -0.05) is 12.1 Å². The van der Waals surface area contributed by atoms with Crippen LogP contribution in [0.2, 0.25) is 0 Å². The van der Waals surface area contributed by atoms with Crippen molar-refractivity contribution in [2.45, 2.75) is 51.6 Å². The second-order valence-corrected chi connectivity index (χ2v) is 7.92. The molecule has 0 saturated carbocycles. The first kappa shape index (κ1) is 22.1. The maximum Gasteiger partial charge on any atom is 0.242 e. The van der Waals surface area contributed by atoms with Crippen LogP contribution in [0.5, 0.6) is 0 Å². The Morgan fingerprint density at radius 2 is 2.17 bits per heavy atom. The summed E-state index contributed by atoms with van der Waals surface area (Å²) in [5.74, 6) is -0.166. The van der Waals surface area contributed by atoms with Crippen LogP contribution in [-0.2, 0) is 27.3 Å². The van der Waals surface area contributed by atoms with Crippen molar-refractivity contribution in [1.82, 2.24) is 15.1 Å². The average molecular weight is 417 g/mol. The Labute approximate surface area is 177 Å². The predicted octanol–water partition coefficient (Wildman–Crippen LogP) is 0.883. The van der Waals surface area contributed by atoms with Crippen molar-refractivity contribution in [2.75, 3.05) is 38.1 Å². The molecule has 2 heterocycles. The van der Waals surface area contributed by atoms with Crippen molar-refractivity contribution in [2.24, 2.45) is 0 Å². The van der Waals surface area contributed by atoms with E-state index in [0.29, 0.717) is 45.4 Å². The summed E-state index contributed by atoms with van der Waals surface area (Å²) >= 11 is 0. The minimum atomic E-state index is -0.168. The van der Waals surface area contributed by atoms with E-state index in [9.17, 15) is 19.5 Å². The lowest BCUT2D eigenvalue weighted by molar-refractivity contribution is -0.134. The van der Waals surface area contributed by atoms with Gasteiger partial charge in [-0.3, -0.25) is 14.4 Å². The Morgan fingerprint density at radius 1 is 1.33 bits per heavy atom. The molecule has 8 nitrogen and oxygen atoms in total. The fourth-order valence-corrected chi connectivity index (χ4v) is 4.13. The summed E-state index contributed by atoms with van der Waals surface area (Å²) in [5.41, 5.74) is 3.12. The zero-order valence-electron chi connectivity index (χ0n) is 17.7. The summed E-state index contributed by atoms with van der Waals surface area (Å²) in [4.78, 5) is 40.1. The van der Waals surface area contributed by atoms with Crippen LogP contribution in [0.4, 0.5) is 5.69 Å². The minimum Gasteiger partial charge on any atom is -0.394 e. The minimum absolute atomic E-state index is 0.0307. The highest BCUT2D eigenvalue weighted by Gasteiger charge is 2.27. The monoisotopic (exact) mass is 416 g/mol. The number of aliphatic hydroxyl groups is 1. The quantitative estimate of drug-likeness (QED) is 0.613. The molecule has 1 saturated heterocycles. The topological polar surface area (TPSA) is 102 Å². The number of carbonyl (C=O) groups is 3. The number of anilines is 1. The van der Waals surface area contributed by atoms with Crippen LogP contribution in [-0.4, -0.2) is 71.5 Å². The normalized spacial score (nSPS) is 19.0. The zero-order chi connectivity index (χ0) is 21.5. The first-order valence-corrected chi connectivity index (χ1v) is 10.8. The summed E-state index contributed by atoms with van der Waals surface area (Å²) in [5, 5.41) is 15.3. The molecule has 1 aromatic rings. The number of hydrogen-bond donors (Lipinski definition) is 3. The van der Waals surface area contributed by atoms with Gasteiger partial charge in [0.25, 0.3) is 0 Å². The lowest BCUT2D eigenvalue weighted by atomic mass is 10.0. The van der Waals surface area contributed by atoms with Crippen LogP contribution in [0.1, 0.15) is 43.7 Å². The van der Waals surface area contributed by atoms with Crippen LogP contribution in [0.25, 0.3) is 0 Å². The van der Waals surface area contributed by atoms with E-state index in [0.717, 1.165) is 29.7 Å². The summed E-state index contributed by atoms with van der Waals surface area (Å²) in [6, 6.07) is 5.94. The van der Waals surface area contributed by atoms with Gasteiger partial charge in [0.05, 0.1) is 19.2 Å². The van der Waals surface area contributed by atoms with Gasteiger partial charge in [-0.25, -0.2) is 0 Å². The van der Waals surface area contributed by atoms with Crippen molar-refractivity contribution < 1.29 is 19.5 Å². The molecule has 1 atom stereocenters. The highest BCUT2D eigenvalue weighted by Crippen LogP contribution is 2.23. The average Bonchev–Trinajstić information content (AvgIpc) is 3.23. The van der Waals surface area contributed by atoms with Gasteiger partial charge < -0.3 is 25.5 Å². The Bertz CT molecular complexity index is 782. The van der Waals surface area contributed by atoms with E-state index in [1.54, 1.807) is 4.90 Å². The molecule has 30 heavy (non-hydrogen) atoms. The third-order valence-electron chi connectivity index (χ3n) is 5.91. The molecule has 164 valence electrons. The van der Waals surface area contributed by atoms with E-state index in [-0.39, 0.29) is 36.9 Å². The lowest BCUT2D eigenvalue weighted by Gasteiger charge is -2.26. The number of fused-ring (bicyclic) bond motifs is 1. The highest BCUT2D eigenvalue weighted by molar-refractivity contribution is 5.85. The molecule has 8 heteroatoms. The number of likely N-dealkylation sites (tertiary alicyclic amines) is 1. The standard InChI is InChI=1S/C22H32N4O4/c1-2-25-14-17-12-16(5-7-19(17)23-10-9-21(25)29)6-8-20(28)24-13-22(30)26-11-3-4-18(26)15-27/h5,7,12,18,23,27H,2-4,6,8-11,13-15H2,1H3,(H,24,28)/t18-/m1/s1. The van der Waals surface area contributed by atoms with Gasteiger partial charge in [0.2, 0.25) is 17.7 Å². The molecule has 1 aromatic carbocycles. The van der Waals surface area contributed by atoms with Crippen molar-refractivity contribution in [3.8, 4) is 0 Å². The van der Waals surface area contributed by atoms with Crippen LogP contribution < -0.4 is 10.6 Å².